The molecule has 8 aromatic rings. The van der Waals surface area contributed by atoms with Crippen molar-refractivity contribution in [2.75, 3.05) is 0 Å². The minimum absolute atomic E-state index is 0.0793. The maximum Gasteiger partial charge on any atom is 0.0820 e. The second-order valence-corrected chi connectivity index (χ2v) is 12.2. The molecule has 0 radical (unpaired) electrons. The van der Waals surface area contributed by atoms with E-state index < -0.39 is 0 Å². The van der Waals surface area contributed by atoms with Gasteiger partial charge in [0.2, 0.25) is 0 Å². The highest BCUT2D eigenvalue weighted by molar-refractivity contribution is 6.24. The fourth-order valence-corrected chi connectivity index (χ4v) is 7.24. The van der Waals surface area contributed by atoms with Gasteiger partial charge in [0.15, 0.2) is 0 Å². The summed E-state index contributed by atoms with van der Waals surface area (Å²) in [7, 11) is 0. The number of nitrogens with zero attached hydrogens (tertiary/aromatic N) is 1. The van der Waals surface area contributed by atoms with Crippen LogP contribution in [-0.4, -0.2) is 9.55 Å². The van der Waals surface area contributed by atoms with Crippen LogP contribution in [0.5, 0.6) is 0 Å². The van der Waals surface area contributed by atoms with Gasteiger partial charge in [-0.2, -0.15) is 0 Å². The van der Waals surface area contributed by atoms with Crippen molar-refractivity contribution in [3.63, 3.8) is 0 Å². The van der Waals surface area contributed by atoms with E-state index >= 15 is 0 Å². The number of hydrogen-bond donors (Lipinski definition) is 2. The Kier molecular flexibility index (Phi) is 6.42. The molecule has 8 rings (SSSR count). The third kappa shape index (κ3) is 4.30. The van der Waals surface area contributed by atoms with Gasteiger partial charge in [-0.15, -0.1) is 0 Å². The van der Waals surface area contributed by atoms with Crippen molar-refractivity contribution < 1.29 is 0 Å². The van der Waals surface area contributed by atoms with E-state index in [1.807, 2.05) is 0 Å². The maximum absolute atomic E-state index is 7.11. The molecular weight excluding hydrogens is 522 g/mol. The van der Waals surface area contributed by atoms with E-state index in [0.717, 1.165) is 12.8 Å². The molecule has 0 saturated heterocycles. The van der Waals surface area contributed by atoms with Gasteiger partial charge < -0.3 is 15.3 Å². The van der Waals surface area contributed by atoms with Gasteiger partial charge in [0.05, 0.1) is 22.7 Å². The molecular formula is C40H37N3. The average Bonchev–Trinajstić information content (AvgIpc) is 3.59. The summed E-state index contributed by atoms with van der Waals surface area (Å²) < 4.78 is 2.44. The van der Waals surface area contributed by atoms with Gasteiger partial charge in [-0.1, -0.05) is 130 Å². The smallest absolute Gasteiger partial charge is 0.0820 e. The standard InChI is InChI=1S/C40H37N3/c1-2-3-4-5-9-16-38(41)43-37-25-34-31-21-19-28-17-18-29(26-12-7-6-8-13-26)23-33(28)39(31)42-36(34)24-35(37)32-22-20-27-14-10-11-15-30(27)40(32)43/h6-8,10-15,17-25,38,42H,2-5,9,16,41H2,1H3. The first-order valence-corrected chi connectivity index (χ1v) is 15.9. The van der Waals surface area contributed by atoms with Crippen LogP contribution >= 0.6 is 0 Å². The summed E-state index contributed by atoms with van der Waals surface area (Å²) in [6.45, 7) is 2.27. The zero-order valence-corrected chi connectivity index (χ0v) is 24.7. The first-order valence-electron chi connectivity index (χ1n) is 15.9. The van der Waals surface area contributed by atoms with Gasteiger partial charge in [-0.3, -0.25) is 0 Å². The number of aromatic amines is 1. The summed E-state index contributed by atoms with van der Waals surface area (Å²) in [4.78, 5) is 3.85. The average molecular weight is 560 g/mol. The zero-order valence-electron chi connectivity index (χ0n) is 24.7. The van der Waals surface area contributed by atoms with Gasteiger partial charge in [0, 0.05) is 37.8 Å². The van der Waals surface area contributed by atoms with Gasteiger partial charge in [0.25, 0.3) is 0 Å². The third-order valence-electron chi connectivity index (χ3n) is 9.44. The number of rotatable bonds is 8. The Labute approximate surface area is 251 Å². The largest absolute Gasteiger partial charge is 0.354 e. The first kappa shape index (κ1) is 26.1. The molecule has 0 aliphatic carbocycles. The van der Waals surface area contributed by atoms with Crippen LogP contribution in [0.15, 0.2) is 109 Å². The number of benzene rings is 6. The summed E-state index contributed by atoms with van der Waals surface area (Å²) in [5.74, 6) is 0. The first-order chi connectivity index (χ1) is 21.2. The molecule has 3 nitrogen and oxygen atoms in total. The van der Waals surface area contributed by atoms with Crippen LogP contribution in [0.2, 0.25) is 0 Å². The van der Waals surface area contributed by atoms with Crippen molar-refractivity contribution in [1.29, 1.82) is 0 Å². The number of unbranched alkanes of at least 4 members (excludes halogenated alkanes) is 4. The predicted molar refractivity (Wildman–Crippen MR) is 186 cm³/mol. The van der Waals surface area contributed by atoms with Crippen LogP contribution in [0.1, 0.15) is 51.6 Å². The number of fused-ring (bicyclic) bond motifs is 10. The molecule has 0 amide bonds. The van der Waals surface area contributed by atoms with E-state index in [4.69, 9.17) is 5.73 Å². The molecule has 6 aromatic carbocycles. The molecule has 0 fully saturated rings. The van der Waals surface area contributed by atoms with Gasteiger partial charge in [-0.25, -0.2) is 0 Å². The van der Waals surface area contributed by atoms with Gasteiger partial charge >= 0.3 is 0 Å². The molecule has 0 saturated carbocycles. The second kappa shape index (κ2) is 10.6. The zero-order chi connectivity index (χ0) is 28.9. The Morgan fingerprint density at radius 3 is 2.21 bits per heavy atom. The van der Waals surface area contributed by atoms with Crippen LogP contribution in [0.3, 0.4) is 0 Å². The number of H-pyrrole nitrogens is 1. The van der Waals surface area contributed by atoms with Crippen LogP contribution < -0.4 is 5.73 Å². The Bertz CT molecular complexity index is 2270. The Morgan fingerprint density at radius 2 is 1.35 bits per heavy atom. The lowest BCUT2D eigenvalue weighted by Gasteiger charge is -2.18. The molecule has 212 valence electrons. The van der Waals surface area contributed by atoms with E-state index in [9.17, 15) is 0 Å². The highest BCUT2D eigenvalue weighted by Gasteiger charge is 2.20. The van der Waals surface area contributed by atoms with Crippen molar-refractivity contribution >= 4 is 65.2 Å². The quantitative estimate of drug-likeness (QED) is 0.179. The molecule has 3 heteroatoms. The predicted octanol–water partition coefficient (Wildman–Crippen LogP) is 11.2. The van der Waals surface area contributed by atoms with Crippen molar-refractivity contribution in [2.45, 2.75) is 51.6 Å². The van der Waals surface area contributed by atoms with Crippen LogP contribution in [-0.2, 0) is 0 Å². The topological polar surface area (TPSA) is 46.7 Å². The van der Waals surface area contributed by atoms with Crippen LogP contribution in [0.25, 0.3) is 76.3 Å². The summed E-state index contributed by atoms with van der Waals surface area (Å²) in [5.41, 5.74) is 14.4. The summed E-state index contributed by atoms with van der Waals surface area (Å²) in [6.07, 6.45) is 7.13. The minimum atomic E-state index is -0.0793. The normalized spacial score (nSPS) is 12.9. The molecule has 1 atom stereocenters. The molecule has 0 aliphatic rings. The summed E-state index contributed by atoms with van der Waals surface area (Å²) in [6, 6.07) is 40.0. The van der Waals surface area contributed by atoms with Crippen molar-refractivity contribution in [2.24, 2.45) is 5.73 Å². The van der Waals surface area contributed by atoms with E-state index in [1.54, 1.807) is 0 Å². The lowest BCUT2D eigenvalue weighted by Crippen LogP contribution is -2.18. The molecule has 0 bridgehead atoms. The minimum Gasteiger partial charge on any atom is -0.354 e. The number of aromatic nitrogens is 2. The number of nitrogens with one attached hydrogen (secondary N) is 1. The lowest BCUT2D eigenvalue weighted by atomic mass is 9.99. The number of nitrogens with two attached hydrogens (primary N) is 1. The summed E-state index contributed by atoms with van der Waals surface area (Å²) in [5, 5.41) is 10.1. The number of hydrogen-bond acceptors (Lipinski definition) is 1. The Hall–Kier alpha value is -4.60. The van der Waals surface area contributed by atoms with Crippen molar-refractivity contribution in [3.8, 4) is 11.1 Å². The van der Waals surface area contributed by atoms with Gasteiger partial charge in [0.1, 0.15) is 0 Å². The van der Waals surface area contributed by atoms with Crippen LogP contribution in [0.4, 0.5) is 0 Å². The van der Waals surface area contributed by atoms with E-state index in [0.29, 0.717) is 0 Å². The Morgan fingerprint density at radius 1 is 0.605 bits per heavy atom. The highest BCUT2D eigenvalue weighted by Crippen LogP contribution is 2.41. The fraction of sp³-hybridized carbons (Fsp3) is 0.200. The molecule has 43 heavy (non-hydrogen) atoms. The van der Waals surface area contributed by atoms with E-state index in [1.165, 1.54) is 102 Å². The molecule has 0 aliphatic heterocycles. The van der Waals surface area contributed by atoms with E-state index in [2.05, 4.69) is 126 Å². The van der Waals surface area contributed by atoms with Gasteiger partial charge in [-0.05, 0) is 46.5 Å². The summed E-state index contributed by atoms with van der Waals surface area (Å²) >= 11 is 0. The lowest BCUT2D eigenvalue weighted by molar-refractivity contribution is 0.471. The second-order valence-electron chi connectivity index (χ2n) is 12.2. The highest BCUT2D eigenvalue weighted by atomic mass is 15.1. The van der Waals surface area contributed by atoms with Crippen molar-refractivity contribution in [1.82, 2.24) is 9.55 Å². The monoisotopic (exact) mass is 559 g/mol. The van der Waals surface area contributed by atoms with E-state index in [-0.39, 0.29) is 6.17 Å². The molecule has 0 spiro atoms. The van der Waals surface area contributed by atoms with Crippen molar-refractivity contribution in [3.05, 3.63) is 109 Å². The fourth-order valence-electron chi connectivity index (χ4n) is 7.24. The molecule has 2 aromatic heterocycles. The molecule has 2 heterocycles. The van der Waals surface area contributed by atoms with Crippen LogP contribution in [0, 0.1) is 0 Å². The maximum atomic E-state index is 7.11. The SMILES string of the molecule is CCCCCCCC(N)n1c2cc3c(cc2c2ccc4ccccc4c21)[nH]c1c2cc(-c4ccccc4)ccc2ccc31. The molecule has 1 unspecified atom stereocenters. The Balaban J connectivity index is 1.36. The molecule has 3 N–H and O–H groups in total. The third-order valence-corrected chi connectivity index (χ3v) is 9.44.